The molecule has 3 amide bonds. The number of nitrogens with zero attached hydrogens (tertiary/aromatic N) is 1. The van der Waals surface area contributed by atoms with E-state index in [4.69, 9.17) is 11.6 Å². The van der Waals surface area contributed by atoms with Crippen LogP contribution < -0.4 is 10.2 Å². The van der Waals surface area contributed by atoms with E-state index < -0.39 is 12.1 Å². The molecule has 2 N–H and O–H groups in total. The van der Waals surface area contributed by atoms with Crippen LogP contribution in [0.3, 0.4) is 0 Å². The molecule has 0 bridgehead atoms. The van der Waals surface area contributed by atoms with Gasteiger partial charge in [-0.15, -0.1) is 0 Å². The molecule has 2 heterocycles. The number of aromatic nitrogens is 1. The molecule has 0 saturated carbocycles. The summed E-state index contributed by atoms with van der Waals surface area (Å²) in [6, 6.07) is 13.5. The summed E-state index contributed by atoms with van der Waals surface area (Å²) in [6.45, 7) is 0. The topological polar surface area (TPSA) is 65.2 Å². The molecule has 1 aliphatic rings. The van der Waals surface area contributed by atoms with Crippen LogP contribution in [0.5, 0.6) is 0 Å². The van der Waals surface area contributed by atoms with Gasteiger partial charge in [0.25, 0.3) is 5.91 Å². The van der Waals surface area contributed by atoms with Gasteiger partial charge in [0.15, 0.2) is 0 Å². The first-order chi connectivity index (χ1) is 11.6. The van der Waals surface area contributed by atoms with Gasteiger partial charge in [0, 0.05) is 28.5 Å². The van der Waals surface area contributed by atoms with Crippen LogP contribution in [0.4, 0.5) is 10.5 Å². The van der Waals surface area contributed by atoms with E-state index in [1.807, 2.05) is 30.5 Å². The van der Waals surface area contributed by atoms with Crippen molar-refractivity contribution in [1.82, 2.24) is 10.3 Å². The first-order valence-electron chi connectivity index (χ1n) is 7.58. The van der Waals surface area contributed by atoms with Gasteiger partial charge in [0.1, 0.15) is 6.04 Å². The Kier molecular flexibility index (Phi) is 3.50. The highest BCUT2D eigenvalue weighted by atomic mass is 35.5. The fourth-order valence-electron chi connectivity index (χ4n) is 3.02. The number of aromatic amines is 1. The summed E-state index contributed by atoms with van der Waals surface area (Å²) in [5.74, 6) is -0.257. The Balaban J connectivity index is 1.60. The molecule has 1 aromatic heterocycles. The number of benzene rings is 2. The van der Waals surface area contributed by atoms with Crippen molar-refractivity contribution in [3.8, 4) is 0 Å². The lowest BCUT2D eigenvalue weighted by atomic mass is 10.0. The molecule has 4 rings (SSSR count). The second kappa shape index (κ2) is 5.69. The van der Waals surface area contributed by atoms with Crippen molar-refractivity contribution in [2.75, 3.05) is 4.90 Å². The van der Waals surface area contributed by atoms with Crippen molar-refractivity contribution in [2.45, 2.75) is 12.5 Å². The van der Waals surface area contributed by atoms with Gasteiger partial charge in [-0.3, -0.25) is 4.79 Å². The first-order valence-corrected chi connectivity index (χ1v) is 7.96. The van der Waals surface area contributed by atoms with Crippen molar-refractivity contribution in [3.05, 3.63) is 65.3 Å². The number of carbonyl (C=O) groups is 2. The van der Waals surface area contributed by atoms with E-state index in [1.54, 1.807) is 24.3 Å². The third-order valence-electron chi connectivity index (χ3n) is 4.20. The van der Waals surface area contributed by atoms with Gasteiger partial charge in [-0.25, -0.2) is 9.69 Å². The fraction of sp³-hybridized carbons (Fsp3) is 0.111. The number of hydrogen-bond acceptors (Lipinski definition) is 2. The predicted molar refractivity (Wildman–Crippen MR) is 93.3 cm³/mol. The Morgan fingerprint density at radius 2 is 1.79 bits per heavy atom. The van der Waals surface area contributed by atoms with Crippen LogP contribution >= 0.6 is 11.6 Å². The van der Waals surface area contributed by atoms with Crippen LogP contribution in [-0.4, -0.2) is 23.0 Å². The van der Waals surface area contributed by atoms with E-state index in [1.165, 1.54) is 0 Å². The quantitative estimate of drug-likeness (QED) is 0.717. The summed E-state index contributed by atoms with van der Waals surface area (Å²) < 4.78 is 0. The van der Waals surface area contributed by atoms with Gasteiger partial charge < -0.3 is 10.3 Å². The minimum atomic E-state index is -0.576. The Hall–Kier alpha value is -2.79. The molecule has 3 aromatic rings. The maximum absolute atomic E-state index is 12.7. The third kappa shape index (κ3) is 2.43. The van der Waals surface area contributed by atoms with Crippen LogP contribution in [0.2, 0.25) is 5.02 Å². The SMILES string of the molecule is O=C1N[C@@H](Cc2c[nH]c3ccccc23)C(=O)N1c1ccc(Cl)cc1. The monoisotopic (exact) mass is 339 g/mol. The maximum atomic E-state index is 12.7. The zero-order valence-corrected chi connectivity index (χ0v) is 13.4. The van der Waals surface area contributed by atoms with Crippen LogP contribution in [0.25, 0.3) is 10.9 Å². The fourth-order valence-corrected chi connectivity index (χ4v) is 3.15. The number of nitrogens with one attached hydrogen (secondary N) is 2. The lowest BCUT2D eigenvalue weighted by Gasteiger charge is -2.13. The summed E-state index contributed by atoms with van der Waals surface area (Å²) in [5, 5.41) is 4.38. The molecule has 1 aliphatic heterocycles. The van der Waals surface area contributed by atoms with Crippen molar-refractivity contribution in [1.29, 1.82) is 0 Å². The van der Waals surface area contributed by atoms with Crippen LogP contribution in [0.1, 0.15) is 5.56 Å². The normalized spacial score (nSPS) is 17.5. The molecule has 0 unspecified atom stereocenters. The maximum Gasteiger partial charge on any atom is 0.329 e. The van der Waals surface area contributed by atoms with Crippen molar-refractivity contribution in [2.24, 2.45) is 0 Å². The summed E-state index contributed by atoms with van der Waals surface area (Å²) in [6.07, 6.45) is 2.33. The van der Waals surface area contributed by atoms with Crippen molar-refractivity contribution >= 4 is 40.1 Å². The number of hydrogen-bond donors (Lipinski definition) is 2. The van der Waals surface area contributed by atoms with Gasteiger partial charge in [-0.1, -0.05) is 29.8 Å². The number of rotatable bonds is 3. The molecule has 0 spiro atoms. The second-order valence-corrected chi connectivity index (χ2v) is 6.15. The lowest BCUT2D eigenvalue weighted by Crippen LogP contribution is -2.32. The van der Waals surface area contributed by atoms with Crippen LogP contribution in [0, 0.1) is 0 Å². The van der Waals surface area contributed by atoms with E-state index in [9.17, 15) is 9.59 Å². The number of fused-ring (bicyclic) bond motifs is 1. The minimum absolute atomic E-state index is 0.257. The highest BCUT2D eigenvalue weighted by Crippen LogP contribution is 2.25. The van der Waals surface area contributed by atoms with E-state index in [-0.39, 0.29) is 5.91 Å². The largest absolute Gasteiger partial charge is 0.361 e. The van der Waals surface area contributed by atoms with Crippen molar-refractivity contribution in [3.63, 3.8) is 0 Å². The molecule has 1 atom stereocenters. The van der Waals surface area contributed by atoms with Gasteiger partial charge >= 0.3 is 6.03 Å². The summed E-state index contributed by atoms with van der Waals surface area (Å²) in [5.41, 5.74) is 2.53. The molecule has 5 nitrogen and oxygen atoms in total. The number of para-hydroxylation sites is 1. The Morgan fingerprint density at radius 1 is 1.04 bits per heavy atom. The summed E-state index contributed by atoms with van der Waals surface area (Å²) >= 11 is 5.86. The average molecular weight is 340 g/mol. The lowest BCUT2D eigenvalue weighted by molar-refractivity contribution is -0.118. The standard InChI is InChI=1S/C18H14ClN3O2/c19-12-5-7-13(8-6-12)22-17(23)16(21-18(22)24)9-11-10-20-15-4-2-1-3-14(11)15/h1-8,10,16,20H,9H2,(H,21,24)/t16-/m0/s1. The Bertz CT molecular complexity index is 933. The number of H-pyrrole nitrogens is 1. The van der Waals surface area contributed by atoms with Gasteiger partial charge in [-0.05, 0) is 35.9 Å². The molecule has 0 aliphatic carbocycles. The zero-order chi connectivity index (χ0) is 16.7. The molecule has 6 heteroatoms. The van der Waals surface area contributed by atoms with E-state index in [0.29, 0.717) is 17.1 Å². The average Bonchev–Trinajstić information content (AvgIpc) is 3.11. The summed E-state index contributed by atoms with van der Waals surface area (Å²) in [4.78, 5) is 29.2. The van der Waals surface area contributed by atoms with E-state index in [2.05, 4.69) is 10.3 Å². The molecule has 24 heavy (non-hydrogen) atoms. The number of amides is 3. The second-order valence-electron chi connectivity index (χ2n) is 5.72. The number of anilines is 1. The summed E-state index contributed by atoms with van der Waals surface area (Å²) in [7, 11) is 0. The first kappa shape index (κ1) is 14.8. The molecule has 120 valence electrons. The molecular formula is C18H14ClN3O2. The number of halogens is 1. The third-order valence-corrected chi connectivity index (χ3v) is 4.46. The highest BCUT2D eigenvalue weighted by Gasteiger charge is 2.39. The smallest absolute Gasteiger partial charge is 0.329 e. The molecule has 0 radical (unpaired) electrons. The highest BCUT2D eigenvalue weighted by molar-refractivity contribution is 6.30. The Labute approximate surface area is 143 Å². The zero-order valence-electron chi connectivity index (χ0n) is 12.6. The van der Waals surface area contributed by atoms with E-state index >= 15 is 0 Å². The van der Waals surface area contributed by atoms with Gasteiger partial charge in [0.05, 0.1) is 5.69 Å². The number of imide groups is 1. The minimum Gasteiger partial charge on any atom is -0.361 e. The molecule has 2 aromatic carbocycles. The Morgan fingerprint density at radius 3 is 2.58 bits per heavy atom. The van der Waals surface area contributed by atoms with Gasteiger partial charge in [-0.2, -0.15) is 0 Å². The van der Waals surface area contributed by atoms with Crippen molar-refractivity contribution < 1.29 is 9.59 Å². The predicted octanol–water partition coefficient (Wildman–Crippen LogP) is 3.49. The number of carbonyl (C=O) groups excluding carboxylic acids is 2. The van der Waals surface area contributed by atoms with Crippen LogP contribution in [0.15, 0.2) is 54.7 Å². The molecular weight excluding hydrogens is 326 g/mol. The van der Waals surface area contributed by atoms with Crippen LogP contribution in [-0.2, 0) is 11.2 Å². The van der Waals surface area contributed by atoms with Gasteiger partial charge in [0.2, 0.25) is 0 Å². The molecule has 1 fully saturated rings. The van der Waals surface area contributed by atoms with E-state index in [0.717, 1.165) is 21.4 Å². The number of urea groups is 1. The molecule has 1 saturated heterocycles.